The molecule has 2 amide bonds. The number of halogens is 5. The second-order valence-electron chi connectivity index (χ2n) is 11.7. The zero-order valence-corrected chi connectivity index (χ0v) is 25.0. The molecular weight excluding hydrogens is 617 g/mol. The van der Waals surface area contributed by atoms with Gasteiger partial charge in [0.25, 0.3) is 5.91 Å². The van der Waals surface area contributed by atoms with Crippen molar-refractivity contribution >= 4 is 17.5 Å². The number of aryl methyl sites for hydroxylation is 1. The molecule has 3 fully saturated rings. The van der Waals surface area contributed by atoms with Crippen molar-refractivity contribution in [1.29, 1.82) is 0 Å². The molecule has 2 atom stereocenters. The van der Waals surface area contributed by atoms with Crippen molar-refractivity contribution in [2.24, 2.45) is 13.0 Å². The molecule has 17 heteroatoms. The lowest BCUT2D eigenvalue weighted by molar-refractivity contribution is -0.154. The van der Waals surface area contributed by atoms with E-state index in [4.69, 9.17) is 0 Å². The van der Waals surface area contributed by atoms with E-state index in [0.29, 0.717) is 35.4 Å². The van der Waals surface area contributed by atoms with Gasteiger partial charge in [0.05, 0.1) is 24.6 Å². The highest BCUT2D eigenvalue weighted by molar-refractivity contribution is 5.93. The van der Waals surface area contributed by atoms with Gasteiger partial charge >= 0.3 is 6.18 Å². The molecule has 0 aromatic carbocycles. The van der Waals surface area contributed by atoms with Crippen LogP contribution >= 0.6 is 0 Å². The number of fused-ring (bicyclic) bond motifs is 1. The van der Waals surface area contributed by atoms with Crippen LogP contribution in [-0.2, 0) is 24.8 Å². The van der Waals surface area contributed by atoms with Crippen LogP contribution in [0.3, 0.4) is 0 Å². The summed E-state index contributed by atoms with van der Waals surface area (Å²) in [6, 6.07) is 1.73. The maximum absolute atomic E-state index is 12.9. The molecule has 2 unspecified atom stereocenters. The highest BCUT2D eigenvalue weighted by atomic mass is 19.4. The fourth-order valence-corrected chi connectivity index (χ4v) is 5.22. The number of carbonyl (C=O) groups is 2. The molecule has 0 radical (unpaired) electrons. The molecule has 3 aliphatic rings. The van der Waals surface area contributed by atoms with Crippen LogP contribution in [0, 0.1) is 5.92 Å². The highest BCUT2D eigenvalue weighted by Gasteiger charge is 2.47. The van der Waals surface area contributed by atoms with Crippen molar-refractivity contribution in [2.75, 3.05) is 0 Å². The Hall–Kier alpha value is -4.44. The molecule has 1 saturated heterocycles. The minimum absolute atomic E-state index is 0.118. The Morgan fingerprint density at radius 2 is 1.91 bits per heavy atom. The Labute approximate surface area is 260 Å². The first-order valence-corrected chi connectivity index (χ1v) is 15.0. The quantitative estimate of drug-likeness (QED) is 0.289. The van der Waals surface area contributed by atoms with E-state index < -0.39 is 35.9 Å². The fraction of sp³-hybridized carbons (Fsp3) is 0.552. The van der Waals surface area contributed by atoms with Crippen LogP contribution in [0.5, 0.6) is 0 Å². The Morgan fingerprint density at radius 1 is 1.15 bits per heavy atom. The van der Waals surface area contributed by atoms with Crippen LogP contribution in [0.1, 0.15) is 84.7 Å². The zero-order valence-electron chi connectivity index (χ0n) is 25.0. The van der Waals surface area contributed by atoms with Crippen molar-refractivity contribution < 1.29 is 36.2 Å². The third-order valence-corrected chi connectivity index (χ3v) is 7.86. The second-order valence-corrected chi connectivity index (χ2v) is 11.7. The van der Waals surface area contributed by atoms with Gasteiger partial charge in [-0.1, -0.05) is 11.6 Å². The summed E-state index contributed by atoms with van der Waals surface area (Å²) < 4.78 is 70.9. The van der Waals surface area contributed by atoms with Gasteiger partial charge in [0.15, 0.2) is 11.3 Å². The van der Waals surface area contributed by atoms with Gasteiger partial charge in [-0.2, -0.15) is 23.4 Å². The number of imidazole rings is 1. The molecule has 5 heterocycles. The Morgan fingerprint density at radius 3 is 2.48 bits per heavy atom. The standard InChI is InChI=1S/C19H18F3N7O3.C6H10F2.C4H6N2/c20-19(21,22)13-5-11(17(30)26-13)3-9-4-14-25-12(8-29(14)24-6-9)7-23-18(31)16-15(10-1-2-10)27-32-28-16;7-6(8)4-2-1-3-5-6;1-6-4-2-3-5-6/h4,6,8,10-11,13H,1-3,5,7H2,(H,23,31)(H,26,30);1-5H2;2-4H,1H3. The van der Waals surface area contributed by atoms with Gasteiger partial charge in [0.2, 0.25) is 11.8 Å². The third kappa shape index (κ3) is 8.84. The summed E-state index contributed by atoms with van der Waals surface area (Å²) in [5.41, 5.74) is 2.32. The molecule has 4 aromatic heterocycles. The van der Waals surface area contributed by atoms with E-state index in [9.17, 15) is 31.5 Å². The first kappa shape index (κ1) is 32.9. The Balaban J connectivity index is 0.000000244. The van der Waals surface area contributed by atoms with Gasteiger partial charge in [0, 0.05) is 44.1 Å². The number of carbonyl (C=O) groups excluding carboxylic acids is 2. The van der Waals surface area contributed by atoms with Gasteiger partial charge in [-0.3, -0.25) is 14.3 Å². The average molecular weight is 652 g/mol. The fourth-order valence-electron chi connectivity index (χ4n) is 5.22. The SMILES string of the molecule is Cn1cccn1.FC1(F)CCCCC1.O=C(NCc1cn2ncc(CC3CC(C(F)(F)F)NC3=O)cc2n1)c1nonc1C1CC1. The predicted octanol–water partition coefficient (Wildman–Crippen LogP) is 4.54. The predicted molar refractivity (Wildman–Crippen MR) is 151 cm³/mol. The maximum atomic E-state index is 12.9. The van der Waals surface area contributed by atoms with Gasteiger partial charge < -0.3 is 10.6 Å². The highest BCUT2D eigenvalue weighted by Crippen LogP contribution is 2.40. The summed E-state index contributed by atoms with van der Waals surface area (Å²) in [6.45, 7) is 0.118. The van der Waals surface area contributed by atoms with Gasteiger partial charge in [-0.05, 0) is 61.4 Å². The molecule has 4 aromatic rings. The topological polar surface area (TPSA) is 145 Å². The van der Waals surface area contributed by atoms with Crippen molar-refractivity contribution in [3.8, 4) is 0 Å². The van der Waals surface area contributed by atoms with Crippen LogP contribution in [0.4, 0.5) is 22.0 Å². The number of hydrogen-bond donors (Lipinski definition) is 2. The summed E-state index contributed by atoms with van der Waals surface area (Å²) in [5, 5.41) is 20.2. The van der Waals surface area contributed by atoms with Gasteiger partial charge in [0.1, 0.15) is 11.7 Å². The maximum Gasteiger partial charge on any atom is 0.408 e. The molecular formula is C29H34F5N9O3. The van der Waals surface area contributed by atoms with Crippen molar-refractivity contribution in [2.45, 2.75) is 88.4 Å². The summed E-state index contributed by atoms with van der Waals surface area (Å²) in [5.74, 6) is -3.92. The average Bonchev–Trinajstić information content (AvgIpc) is 3.36. The van der Waals surface area contributed by atoms with Gasteiger partial charge in [-0.15, -0.1) is 0 Å². The number of rotatable bonds is 6. The third-order valence-electron chi connectivity index (χ3n) is 7.86. The summed E-state index contributed by atoms with van der Waals surface area (Å²) in [6.07, 6.45) is 6.69. The number of amides is 2. The van der Waals surface area contributed by atoms with E-state index in [0.717, 1.165) is 19.3 Å². The van der Waals surface area contributed by atoms with Crippen LogP contribution in [0.2, 0.25) is 0 Å². The van der Waals surface area contributed by atoms with Gasteiger partial charge in [-0.25, -0.2) is 22.9 Å². The number of alkyl halides is 5. The molecule has 2 saturated carbocycles. The van der Waals surface area contributed by atoms with Crippen molar-refractivity contribution in [1.82, 2.24) is 45.3 Å². The number of nitrogens with one attached hydrogen (secondary N) is 2. The number of hydrogen-bond acceptors (Lipinski definition) is 8. The molecule has 46 heavy (non-hydrogen) atoms. The van der Waals surface area contributed by atoms with Crippen LogP contribution in [-0.4, -0.2) is 64.6 Å². The summed E-state index contributed by atoms with van der Waals surface area (Å²) in [4.78, 5) is 28.7. The summed E-state index contributed by atoms with van der Waals surface area (Å²) in [7, 11) is 1.89. The lowest BCUT2D eigenvalue weighted by Crippen LogP contribution is -2.38. The molecule has 7 rings (SSSR count). The van der Waals surface area contributed by atoms with E-state index in [1.807, 2.05) is 24.6 Å². The smallest absolute Gasteiger partial charge is 0.345 e. The van der Waals surface area contributed by atoms with Crippen molar-refractivity contribution in [3.63, 3.8) is 0 Å². The van der Waals surface area contributed by atoms with Crippen LogP contribution in [0.15, 0.2) is 41.5 Å². The summed E-state index contributed by atoms with van der Waals surface area (Å²) >= 11 is 0. The normalized spacial score (nSPS) is 20.7. The molecule has 248 valence electrons. The molecule has 0 bridgehead atoms. The lowest BCUT2D eigenvalue weighted by Gasteiger charge is -2.20. The monoisotopic (exact) mass is 651 g/mol. The molecule has 12 nitrogen and oxygen atoms in total. The minimum Gasteiger partial charge on any atom is -0.345 e. The minimum atomic E-state index is -4.46. The number of nitrogens with zero attached hydrogens (tertiary/aromatic N) is 7. The van der Waals surface area contributed by atoms with E-state index >= 15 is 0 Å². The van der Waals surface area contributed by atoms with Crippen molar-refractivity contribution in [3.05, 3.63) is 59.6 Å². The first-order chi connectivity index (χ1) is 21.9. The Bertz CT molecular complexity index is 1610. The van der Waals surface area contributed by atoms with Crippen LogP contribution in [0.25, 0.3) is 5.65 Å². The van der Waals surface area contributed by atoms with E-state index in [1.165, 1.54) is 10.7 Å². The molecule has 1 aliphatic heterocycles. The zero-order chi connectivity index (χ0) is 32.9. The molecule has 2 aliphatic carbocycles. The van der Waals surface area contributed by atoms with E-state index in [1.54, 1.807) is 23.1 Å². The van der Waals surface area contributed by atoms with E-state index in [-0.39, 0.29) is 43.8 Å². The molecule has 0 spiro atoms. The largest absolute Gasteiger partial charge is 0.408 e. The molecule has 2 N–H and O–H groups in total. The number of aromatic nitrogens is 7. The first-order valence-electron chi connectivity index (χ1n) is 15.0. The van der Waals surface area contributed by atoms with Crippen LogP contribution < -0.4 is 10.6 Å². The second kappa shape index (κ2) is 13.9. The van der Waals surface area contributed by atoms with E-state index in [2.05, 4.69) is 35.4 Å². The Kier molecular flexibility index (Phi) is 9.96. The lowest BCUT2D eigenvalue weighted by atomic mass is 9.97.